The molecule has 0 spiro atoms. The third-order valence-electron chi connectivity index (χ3n) is 5.90. The van der Waals surface area contributed by atoms with Crippen LogP contribution in [0.4, 0.5) is 4.39 Å². The Morgan fingerprint density at radius 3 is 2.60 bits per heavy atom. The molecule has 1 aliphatic heterocycles. The number of thioether (sulfide) groups is 1. The summed E-state index contributed by atoms with van der Waals surface area (Å²) in [6.07, 6.45) is 0.622. The Labute approximate surface area is 209 Å². The van der Waals surface area contributed by atoms with E-state index in [0.29, 0.717) is 45.4 Å². The van der Waals surface area contributed by atoms with Gasteiger partial charge >= 0.3 is 0 Å². The number of halogens is 1. The molecule has 0 fully saturated rings. The zero-order valence-corrected chi connectivity index (χ0v) is 21.1. The maximum Gasteiger partial charge on any atom is 0.267 e. The number of ketones is 1. The summed E-state index contributed by atoms with van der Waals surface area (Å²) >= 11 is 2.65. The van der Waals surface area contributed by atoms with Crippen molar-refractivity contribution in [3.63, 3.8) is 0 Å². The number of fused-ring (bicyclic) bond motifs is 3. The van der Waals surface area contributed by atoms with Gasteiger partial charge < -0.3 is 9.47 Å². The molecule has 180 valence electrons. The van der Waals surface area contributed by atoms with Crippen molar-refractivity contribution in [2.45, 2.75) is 37.6 Å². The van der Waals surface area contributed by atoms with Crippen molar-refractivity contribution in [2.24, 2.45) is 0 Å². The number of ether oxygens (including phenoxy) is 2. The van der Waals surface area contributed by atoms with Crippen LogP contribution < -0.4 is 10.3 Å². The van der Waals surface area contributed by atoms with Gasteiger partial charge in [0, 0.05) is 16.9 Å². The molecule has 0 unspecified atom stereocenters. The van der Waals surface area contributed by atoms with E-state index in [1.54, 1.807) is 35.9 Å². The van der Waals surface area contributed by atoms with Crippen molar-refractivity contribution in [3.05, 3.63) is 80.7 Å². The molecule has 5 rings (SSSR count). The van der Waals surface area contributed by atoms with Crippen LogP contribution in [0.25, 0.3) is 15.9 Å². The van der Waals surface area contributed by atoms with Crippen LogP contribution in [0.3, 0.4) is 0 Å². The van der Waals surface area contributed by atoms with E-state index in [2.05, 4.69) is 0 Å². The number of Topliss-reactive ketones (excluding diaryl/α,β-unsaturated/α-hetero) is 1. The minimum absolute atomic E-state index is 0.0565. The Kier molecular flexibility index (Phi) is 6.25. The zero-order chi connectivity index (χ0) is 24.7. The molecule has 1 aliphatic rings. The van der Waals surface area contributed by atoms with Crippen LogP contribution in [0.2, 0.25) is 0 Å². The van der Waals surface area contributed by atoms with Crippen molar-refractivity contribution in [1.82, 2.24) is 9.55 Å². The fourth-order valence-electron chi connectivity index (χ4n) is 4.08. The van der Waals surface area contributed by atoms with E-state index in [-0.39, 0.29) is 22.7 Å². The molecule has 4 aromatic rings. The van der Waals surface area contributed by atoms with E-state index < -0.39 is 5.82 Å². The van der Waals surface area contributed by atoms with Gasteiger partial charge in [0.1, 0.15) is 16.4 Å². The lowest BCUT2D eigenvalue weighted by atomic mass is 9.94. The quantitative estimate of drug-likeness (QED) is 0.196. The first-order valence-corrected chi connectivity index (χ1v) is 12.8. The van der Waals surface area contributed by atoms with Crippen molar-refractivity contribution in [3.8, 4) is 11.4 Å². The van der Waals surface area contributed by atoms with Gasteiger partial charge in [-0.15, -0.1) is 11.3 Å². The molecule has 3 heterocycles. The number of carbonyl (C=O) groups is 1. The molecule has 0 aliphatic carbocycles. The summed E-state index contributed by atoms with van der Waals surface area (Å²) in [5.74, 6) is 0.152. The minimum Gasteiger partial charge on any atom is -0.497 e. The van der Waals surface area contributed by atoms with Gasteiger partial charge in [-0.2, -0.15) is 0 Å². The van der Waals surface area contributed by atoms with Gasteiger partial charge in [-0.05, 0) is 67.9 Å². The zero-order valence-electron chi connectivity index (χ0n) is 19.5. The van der Waals surface area contributed by atoms with E-state index in [9.17, 15) is 14.0 Å². The molecule has 2 aromatic carbocycles. The summed E-state index contributed by atoms with van der Waals surface area (Å²) in [4.78, 5) is 33.2. The number of carbonyl (C=O) groups excluding carboxylic acids is 1. The summed E-state index contributed by atoms with van der Waals surface area (Å²) in [7, 11) is 1.58. The van der Waals surface area contributed by atoms with Crippen LogP contribution in [-0.2, 0) is 17.8 Å². The second-order valence-corrected chi connectivity index (χ2v) is 10.9. The Morgan fingerprint density at radius 2 is 1.91 bits per heavy atom. The Bertz CT molecular complexity index is 1470. The molecule has 0 amide bonds. The molecule has 0 bridgehead atoms. The Morgan fingerprint density at radius 1 is 1.20 bits per heavy atom. The topological polar surface area (TPSA) is 70.4 Å². The van der Waals surface area contributed by atoms with Crippen molar-refractivity contribution >= 4 is 39.1 Å². The number of aromatic nitrogens is 2. The second kappa shape index (κ2) is 9.22. The van der Waals surface area contributed by atoms with Crippen LogP contribution in [0, 0.1) is 5.82 Å². The Balaban J connectivity index is 1.60. The summed E-state index contributed by atoms with van der Waals surface area (Å²) < 4.78 is 26.0. The largest absolute Gasteiger partial charge is 0.497 e. The van der Waals surface area contributed by atoms with Crippen molar-refractivity contribution in [1.29, 1.82) is 0 Å². The number of methoxy groups -OCH3 is 1. The fraction of sp³-hybridized carbons (Fsp3) is 0.269. The standard InChI is InChI=1S/C26H23FN2O4S2/c1-26(2)12-19-21(13-33-26)35-23-22(19)24(31)29(17-8-10-18(32-3)11-9-17)25(28-23)34-14-20(30)15-4-6-16(27)7-5-15/h4-11H,12-14H2,1-3H3. The van der Waals surface area contributed by atoms with Gasteiger partial charge in [0.2, 0.25) is 0 Å². The smallest absolute Gasteiger partial charge is 0.267 e. The predicted octanol–water partition coefficient (Wildman–Crippen LogP) is 5.42. The average molecular weight is 511 g/mol. The lowest BCUT2D eigenvalue weighted by Crippen LogP contribution is -2.32. The van der Waals surface area contributed by atoms with Gasteiger partial charge in [0.25, 0.3) is 5.56 Å². The molecule has 35 heavy (non-hydrogen) atoms. The molecular formula is C26H23FN2O4S2. The maximum atomic E-state index is 13.9. The highest BCUT2D eigenvalue weighted by Crippen LogP contribution is 2.38. The van der Waals surface area contributed by atoms with E-state index in [4.69, 9.17) is 14.5 Å². The lowest BCUT2D eigenvalue weighted by Gasteiger charge is -2.29. The Hall–Kier alpha value is -3.01. The molecule has 0 saturated carbocycles. The third kappa shape index (κ3) is 4.63. The number of benzene rings is 2. The van der Waals surface area contributed by atoms with Crippen molar-refractivity contribution < 1.29 is 18.7 Å². The maximum absolute atomic E-state index is 13.9. The normalized spacial score (nSPS) is 14.6. The summed E-state index contributed by atoms with van der Waals surface area (Å²) in [5, 5.41) is 1.02. The molecule has 0 N–H and O–H groups in total. The van der Waals surface area contributed by atoms with Crippen molar-refractivity contribution in [2.75, 3.05) is 12.9 Å². The van der Waals surface area contributed by atoms with Gasteiger partial charge in [-0.1, -0.05) is 11.8 Å². The summed E-state index contributed by atoms with van der Waals surface area (Å²) in [6.45, 7) is 4.47. The first-order chi connectivity index (χ1) is 16.8. The molecule has 6 nitrogen and oxygen atoms in total. The predicted molar refractivity (Wildman–Crippen MR) is 136 cm³/mol. The first kappa shape index (κ1) is 23.7. The van der Waals surface area contributed by atoms with Crippen LogP contribution in [0.5, 0.6) is 5.75 Å². The highest BCUT2D eigenvalue weighted by atomic mass is 32.2. The minimum atomic E-state index is -0.400. The lowest BCUT2D eigenvalue weighted by molar-refractivity contribution is -0.0379. The third-order valence-corrected chi connectivity index (χ3v) is 7.94. The highest BCUT2D eigenvalue weighted by molar-refractivity contribution is 7.99. The molecule has 0 radical (unpaired) electrons. The number of hydrogen-bond donors (Lipinski definition) is 0. The monoisotopic (exact) mass is 510 g/mol. The highest BCUT2D eigenvalue weighted by Gasteiger charge is 2.31. The second-order valence-electron chi connectivity index (χ2n) is 8.86. The van der Waals surface area contributed by atoms with Gasteiger partial charge in [-0.3, -0.25) is 14.2 Å². The molecule has 0 saturated heterocycles. The fourth-order valence-corrected chi connectivity index (χ4v) is 6.13. The van der Waals surface area contributed by atoms with Gasteiger partial charge in [0.15, 0.2) is 10.9 Å². The SMILES string of the molecule is COc1ccc(-n2c(SCC(=O)c3ccc(F)cc3)nc3sc4c(c3c2=O)CC(C)(C)OC4)cc1. The van der Waals surface area contributed by atoms with E-state index in [0.717, 1.165) is 10.4 Å². The van der Waals surface area contributed by atoms with E-state index in [1.165, 1.54) is 47.4 Å². The van der Waals surface area contributed by atoms with Gasteiger partial charge in [0.05, 0.1) is 36.1 Å². The van der Waals surface area contributed by atoms with E-state index in [1.807, 2.05) is 13.8 Å². The van der Waals surface area contributed by atoms with Crippen LogP contribution in [0.1, 0.15) is 34.6 Å². The van der Waals surface area contributed by atoms with E-state index >= 15 is 0 Å². The molecule has 2 aromatic heterocycles. The molecule has 0 atom stereocenters. The summed E-state index contributed by atoms with van der Waals surface area (Å²) in [6, 6.07) is 12.6. The average Bonchev–Trinajstić information content (AvgIpc) is 3.20. The number of thiophene rings is 1. The molecular weight excluding hydrogens is 487 g/mol. The summed E-state index contributed by atoms with van der Waals surface area (Å²) in [5.41, 5.74) is 1.48. The molecule has 9 heteroatoms. The van der Waals surface area contributed by atoms with Crippen LogP contribution >= 0.6 is 23.1 Å². The number of rotatable bonds is 6. The number of hydrogen-bond acceptors (Lipinski definition) is 7. The first-order valence-electron chi connectivity index (χ1n) is 11.0. The van der Waals surface area contributed by atoms with Crippen LogP contribution in [-0.4, -0.2) is 33.8 Å². The van der Waals surface area contributed by atoms with Gasteiger partial charge in [-0.25, -0.2) is 9.37 Å². The van der Waals surface area contributed by atoms with Crippen LogP contribution in [0.15, 0.2) is 58.5 Å². The number of nitrogens with zero attached hydrogens (tertiary/aromatic N) is 2.